The van der Waals surface area contributed by atoms with Gasteiger partial charge in [0, 0.05) is 5.92 Å². The second kappa shape index (κ2) is 4.61. The molecule has 2 nitrogen and oxygen atoms in total. The molecule has 0 spiro atoms. The fraction of sp³-hybridized carbons (Fsp3) is 0.750. The largest absolute Gasteiger partial charge is 0.375 e. The van der Waals surface area contributed by atoms with Gasteiger partial charge >= 0.3 is 0 Å². The van der Waals surface area contributed by atoms with Gasteiger partial charge in [-0.3, -0.25) is 4.79 Å². The van der Waals surface area contributed by atoms with Crippen molar-refractivity contribution in [3.8, 4) is 11.8 Å². The topological polar surface area (TPSA) is 26.3 Å². The van der Waals surface area contributed by atoms with Gasteiger partial charge in [0.15, 0.2) is 5.78 Å². The number of hydrogen-bond acceptors (Lipinski definition) is 2. The van der Waals surface area contributed by atoms with Crippen molar-refractivity contribution in [2.75, 3.05) is 0 Å². The zero-order chi connectivity index (χ0) is 10.7. The summed E-state index contributed by atoms with van der Waals surface area (Å²) in [7, 11) is 0. The molecule has 4 atom stereocenters. The van der Waals surface area contributed by atoms with Gasteiger partial charge in [-0.05, 0) is 26.7 Å². The molecule has 2 heteroatoms. The average Bonchev–Trinajstić information content (AvgIpc) is 2.38. The summed E-state index contributed by atoms with van der Waals surface area (Å²) in [6.45, 7) is 7.84. The van der Waals surface area contributed by atoms with Crippen LogP contribution in [0.5, 0.6) is 0 Å². The second-order valence-corrected chi connectivity index (χ2v) is 4.00. The Morgan fingerprint density at radius 3 is 2.36 bits per heavy atom. The first-order valence-corrected chi connectivity index (χ1v) is 5.15. The van der Waals surface area contributed by atoms with Crippen molar-refractivity contribution >= 4 is 5.78 Å². The van der Waals surface area contributed by atoms with Crippen LogP contribution in [0.3, 0.4) is 0 Å². The predicted octanol–water partition coefficient (Wildman–Crippen LogP) is 2.03. The lowest BCUT2D eigenvalue weighted by atomic mass is 9.85. The molecular formula is C12H18O2. The van der Waals surface area contributed by atoms with Crippen LogP contribution in [0.15, 0.2) is 0 Å². The molecule has 1 rings (SSSR count). The van der Waals surface area contributed by atoms with Gasteiger partial charge in [-0.1, -0.05) is 12.8 Å². The molecule has 0 N–H and O–H groups in total. The first-order chi connectivity index (χ1) is 6.57. The van der Waals surface area contributed by atoms with Crippen molar-refractivity contribution in [2.24, 2.45) is 11.8 Å². The summed E-state index contributed by atoms with van der Waals surface area (Å²) in [6, 6.07) is 0. The highest BCUT2D eigenvalue weighted by Crippen LogP contribution is 2.33. The lowest BCUT2D eigenvalue weighted by molar-refractivity contribution is -0.124. The molecule has 0 radical (unpaired) electrons. The molecule has 1 saturated heterocycles. The predicted molar refractivity (Wildman–Crippen MR) is 55.7 cm³/mol. The van der Waals surface area contributed by atoms with Gasteiger partial charge in [0.1, 0.15) is 0 Å². The van der Waals surface area contributed by atoms with Gasteiger partial charge < -0.3 is 4.74 Å². The molecule has 78 valence electrons. The Morgan fingerprint density at radius 1 is 1.29 bits per heavy atom. The first kappa shape index (κ1) is 11.3. The molecule has 0 aromatic heterocycles. The fourth-order valence-corrected chi connectivity index (χ4v) is 2.11. The Labute approximate surface area is 86.0 Å². The van der Waals surface area contributed by atoms with Crippen molar-refractivity contribution in [2.45, 2.75) is 46.3 Å². The summed E-state index contributed by atoms with van der Waals surface area (Å²) in [5, 5.41) is 0. The van der Waals surface area contributed by atoms with E-state index < -0.39 is 0 Å². The molecule has 4 unspecified atom stereocenters. The van der Waals surface area contributed by atoms with Crippen molar-refractivity contribution in [1.29, 1.82) is 0 Å². The lowest BCUT2D eigenvalue weighted by Crippen LogP contribution is -2.26. The van der Waals surface area contributed by atoms with E-state index in [1.807, 2.05) is 13.8 Å². The van der Waals surface area contributed by atoms with Crippen LogP contribution in [0.25, 0.3) is 0 Å². The number of ether oxygens (including phenoxy) is 1. The maximum absolute atomic E-state index is 11.8. The Balaban J connectivity index is 2.65. The van der Waals surface area contributed by atoms with E-state index in [1.165, 1.54) is 0 Å². The quantitative estimate of drug-likeness (QED) is 0.629. The van der Waals surface area contributed by atoms with Crippen molar-refractivity contribution in [3.63, 3.8) is 0 Å². The first-order valence-electron chi connectivity index (χ1n) is 5.15. The normalized spacial score (nSPS) is 36.3. The molecule has 1 aliphatic heterocycles. The Kier molecular flexibility index (Phi) is 3.71. The lowest BCUT2D eigenvalue weighted by Gasteiger charge is -2.15. The second-order valence-electron chi connectivity index (χ2n) is 4.00. The highest BCUT2D eigenvalue weighted by molar-refractivity contribution is 5.84. The van der Waals surface area contributed by atoms with Gasteiger partial charge in [-0.25, -0.2) is 0 Å². The minimum Gasteiger partial charge on any atom is -0.375 e. The van der Waals surface area contributed by atoms with Crippen molar-refractivity contribution < 1.29 is 9.53 Å². The third-order valence-electron chi connectivity index (χ3n) is 3.05. The van der Waals surface area contributed by atoms with E-state index in [0.717, 1.165) is 0 Å². The molecular weight excluding hydrogens is 176 g/mol. The average molecular weight is 194 g/mol. The van der Waals surface area contributed by atoms with E-state index in [9.17, 15) is 4.79 Å². The van der Waals surface area contributed by atoms with Gasteiger partial charge in [-0.15, -0.1) is 5.92 Å². The van der Waals surface area contributed by atoms with E-state index >= 15 is 0 Å². The molecule has 1 fully saturated rings. The SMILES string of the molecule is CC#CCC(=O)C1C(C)OC(C)C1C. The van der Waals surface area contributed by atoms with E-state index in [2.05, 4.69) is 18.8 Å². The number of rotatable bonds is 2. The monoisotopic (exact) mass is 194 g/mol. The molecule has 0 aliphatic carbocycles. The molecule has 0 bridgehead atoms. The molecule has 0 aromatic carbocycles. The maximum Gasteiger partial charge on any atom is 0.150 e. The summed E-state index contributed by atoms with van der Waals surface area (Å²) in [5.74, 6) is 6.15. The van der Waals surface area contributed by atoms with Gasteiger partial charge in [0.2, 0.25) is 0 Å². The van der Waals surface area contributed by atoms with Gasteiger partial charge in [0.25, 0.3) is 0 Å². The number of ketones is 1. The summed E-state index contributed by atoms with van der Waals surface area (Å²) in [5.41, 5.74) is 0. The van der Waals surface area contributed by atoms with E-state index in [-0.39, 0.29) is 23.9 Å². The highest BCUT2D eigenvalue weighted by Gasteiger charge is 2.40. The molecule has 1 heterocycles. The smallest absolute Gasteiger partial charge is 0.150 e. The number of hydrogen-bond donors (Lipinski definition) is 0. The molecule has 1 aliphatic rings. The van der Waals surface area contributed by atoms with Crippen LogP contribution >= 0.6 is 0 Å². The van der Waals surface area contributed by atoms with Gasteiger partial charge in [0.05, 0.1) is 18.6 Å². The maximum atomic E-state index is 11.8. The van der Waals surface area contributed by atoms with Crippen LogP contribution in [0.2, 0.25) is 0 Å². The Hall–Kier alpha value is -0.810. The summed E-state index contributed by atoms with van der Waals surface area (Å²) in [6.07, 6.45) is 0.603. The Morgan fingerprint density at radius 2 is 1.93 bits per heavy atom. The molecule has 0 aromatic rings. The van der Waals surface area contributed by atoms with Gasteiger partial charge in [-0.2, -0.15) is 0 Å². The minimum atomic E-state index is 0.0332. The number of carbonyl (C=O) groups excluding carboxylic acids is 1. The molecule has 14 heavy (non-hydrogen) atoms. The number of carbonyl (C=O) groups is 1. The Bertz CT molecular complexity index is 272. The standard InChI is InChI=1S/C12H18O2/c1-5-6-7-11(13)12-8(2)9(3)14-10(12)4/h8-10,12H,7H2,1-4H3. The molecule has 0 saturated carbocycles. The summed E-state index contributed by atoms with van der Waals surface area (Å²) < 4.78 is 5.62. The van der Waals surface area contributed by atoms with E-state index in [4.69, 9.17) is 4.74 Å². The summed E-state index contributed by atoms with van der Waals surface area (Å²) in [4.78, 5) is 11.8. The van der Waals surface area contributed by atoms with E-state index in [1.54, 1.807) is 6.92 Å². The third-order valence-corrected chi connectivity index (χ3v) is 3.05. The van der Waals surface area contributed by atoms with Crippen LogP contribution < -0.4 is 0 Å². The zero-order valence-electron chi connectivity index (χ0n) is 9.33. The zero-order valence-corrected chi connectivity index (χ0v) is 9.33. The van der Waals surface area contributed by atoms with Crippen molar-refractivity contribution in [1.82, 2.24) is 0 Å². The minimum absolute atomic E-state index is 0.0332. The van der Waals surface area contributed by atoms with Crippen molar-refractivity contribution in [3.05, 3.63) is 0 Å². The van der Waals surface area contributed by atoms with Crippen LogP contribution in [-0.2, 0) is 9.53 Å². The fourth-order valence-electron chi connectivity index (χ4n) is 2.11. The van der Waals surface area contributed by atoms with Crippen LogP contribution in [0.4, 0.5) is 0 Å². The van der Waals surface area contributed by atoms with E-state index in [0.29, 0.717) is 12.3 Å². The van der Waals surface area contributed by atoms with Crippen LogP contribution in [-0.4, -0.2) is 18.0 Å². The molecule has 0 amide bonds. The summed E-state index contributed by atoms with van der Waals surface area (Å²) >= 11 is 0. The number of Topliss-reactive ketones (excluding diaryl/α,β-unsaturated/α-hetero) is 1. The highest BCUT2D eigenvalue weighted by atomic mass is 16.5. The van der Waals surface area contributed by atoms with Crippen LogP contribution in [0.1, 0.15) is 34.1 Å². The third kappa shape index (κ3) is 2.16. The van der Waals surface area contributed by atoms with Crippen LogP contribution in [0, 0.1) is 23.7 Å².